The second-order valence-electron chi connectivity index (χ2n) is 6.30. The van der Waals surface area contributed by atoms with Gasteiger partial charge in [-0.3, -0.25) is 4.79 Å². The van der Waals surface area contributed by atoms with Crippen LogP contribution < -0.4 is 23.0 Å². The third kappa shape index (κ3) is 2.71. The van der Waals surface area contributed by atoms with Crippen molar-refractivity contribution in [3.8, 4) is 0 Å². The molecule has 104 valence electrons. The highest BCUT2D eigenvalue weighted by Gasteiger charge is 2.41. The molecule has 2 unspecified atom stereocenters. The smallest absolute Gasteiger partial charge is 0.140 e. The van der Waals surface area contributed by atoms with Crippen molar-refractivity contribution in [2.75, 3.05) is 17.2 Å². The lowest BCUT2D eigenvalue weighted by Gasteiger charge is -2.39. The normalized spacial score (nSPS) is 27.8. The molecule has 0 saturated heterocycles. The fourth-order valence-corrected chi connectivity index (χ4v) is 3.23. The van der Waals surface area contributed by atoms with Crippen LogP contribution in [0.2, 0.25) is 0 Å². The number of nitrogens with one attached hydrogen (secondary N) is 2. The summed E-state index contributed by atoms with van der Waals surface area (Å²) in [5.41, 5.74) is 2.35. The Morgan fingerprint density at radius 1 is 1.21 bits per heavy atom. The minimum atomic E-state index is 0. The molecule has 0 bridgehead atoms. The molecule has 2 N–H and O–H groups in total. The predicted octanol–water partition coefficient (Wildman–Crippen LogP) is -0.0981. The lowest BCUT2D eigenvalue weighted by molar-refractivity contribution is -0.127. The Hall–Kier alpha value is -1.22. The summed E-state index contributed by atoms with van der Waals surface area (Å²) in [6.45, 7) is 5.13. The maximum Gasteiger partial charge on any atom is 0.140 e. The lowest BCUT2D eigenvalue weighted by Crippen LogP contribution is -3.00. The van der Waals surface area contributed by atoms with E-state index < -0.39 is 0 Å². The van der Waals surface area contributed by atoms with Gasteiger partial charge in [0.25, 0.3) is 0 Å². The molecule has 0 radical (unpaired) electrons. The molecule has 2 aliphatic rings. The number of carbonyl (C=O) groups excluding carboxylic acids is 1. The molecule has 1 aromatic carbocycles. The third-order valence-electron chi connectivity index (χ3n) is 4.10. The molecule has 1 fully saturated rings. The van der Waals surface area contributed by atoms with Gasteiger partial charge in [0.1, 0.15) is 5.78 Å². The Morgan fingerprint density at radius 2 is 1.89 bits per heavy atom. The van der Waals surface area contributed by atoms with Crippen LogP contribution in [0.4, 0.5) is 11.4 Å². The van der Waals surface area contributed by atoms with Crippen molar-refractivity contribution in [3.63, 3.8) is 0 Å². The number of benzene rings is 1. The van der Waals surface area contributed by atoms with Crippen LogP contribution in [0.3, 0.4) is 0 Å². The Morgan fingerprint density at radius 3 is 2.63 bits per heavy atom. The van der Waals surface area contributed by atoms with Crippen LogP contribution in [0.15, 0.2) is 24.3 Å². The topological polar surface area (TPSA) is 41.1 Å². The van der Waals surface area contributed by atoms with E-state index in [1.165, 1.54) is 0 Å². The van der Waals surface area contributed by atoms with Gasteiger partial charge in [-0.05, 0) is 24.0 Å². The monoisotopic (exact) mass is 279 g/mol. The summed E-state index contributed by atoms with van der Waals surface area (Å²) in [6.07, 6.45) is 1.76. The molecular formula is C15H20ClN2O-. The number of ketones is 1. The number of halogens is 1. The number of anilines is 2. The van der Waals surface area contributed by atoms with Crippen LogP contribution >= 0.6 is 0 Å². The highest BCUT2D eigenvalue weighted by Crippen LogP contribution is 2.40. The molecule has 1 aromatic rings. The summed E-state index contributed by atoms with van der Waals surface area (Å²) in [6, 6.07) is 8.46. The first-order valence-corrected chi connectivity index (χ1v) is 6.67. The van der Waals surface area contributed by atoms with E-state index in [4.69, 9.17) is 0 Å². The van der Waals surface area contributed by atoms with E-state index in [9.17, 15) is 4.79 Å². The molecule has 3 rings (SSSR count). The van der Waals surface area contributed by atoms with Gasteiger partial charge in [0.05, 0.1) is 17.3 Å². The summed E-state index contributed by atoms with van der Waals surface area (Å²) in [4.78, 5) is 12.3. The van der Waals surface area contributed by atoms with Gasteiger partial charge in [0, 0.05) is 19.0 Å². The summed E-state index contributed by atoms with van der Waals surface area (Å²) in [5, 5.41) is 6.96. The molecule has 0 amide bonds. The maximum absolute atomic E-state index is 12.3. The Bertz CT molecular complexity index is 487. The zero-order chi connectivity index (χ0) is 12.8. The van der Waals surface area contributed by atoms with Crippen molar-refractivity contribution in [3.05, 3.63) is 24.3 Å². The van der Waals surface area contributed by atoms with Crippen LogP contribution in [0.1, 0.15) is 26.7 Å². The molecule has 1 saturated carbocycles. The van der Waals surface area contributed by atoms with Crippen molar-refractivity contribution >= 4 is 17.2 Å². The molecule has 3 nitrogen and oxygen atoms in total. The number of fused-ring (bicyclic) bond motifs is 2. The Labute approximate surface area is 120 Å². The standard InChI is InChI=1S/C15H20N2O.ClH/c1-15(2)7-13-10(14(18)8-15)9-16-11-5-3-4-6-12(11)17-13;/h3-6,10,13,16-17H,7-9H2,1-2H3;1H/p-1. The Balaban J connectivity index is 0.00000133. The molecular weight excluding hydrogens is 260 g/mol. The van der Waals surface area contributed by atoms with E-state index >= 15 is 0 Å². The largest absolute Gasteiger partial charge is 1.00 e. The lowest BCUT2D eigenvalue weighted by atomic mass is 9.69. The maximum atomic E-state index is 12.3. The molecule has 1 heterocycles. The van der Waals surface area contributed by atoms with Gasteiger partial charge in [0.15, 0.2) is 0 Å². The van der Waals surface area contributed by atoms with Crippen molar-refractivity contribution < 1.29 is 17.2 Å². The number of para-hydroxylation sites is 2. The van der Waals surface area contributed by atoms with Gasteiger partial charge in [-0.25, -0.2) is 0 Å². The average molecular weight is 280 g/mol. The van der Waals surface area contributed by atoms with E-state index in [-0.39, 0.29) is 29.8 Å². The van der Waals surface area contributed by atoms with Gasteiger partial charge in [-0.15, -0.1) is 0 Å². The SMILES string of the molecule is CC1(C)CC(=O)C2CNc3ccccc3NC2C1.[Cl-]. The molecule has 1 aliphatic carbocycles. The van der Waals surface area contributed by atoms with Crippen LogP contribution in [0.5, 0.6) is 0 Å². The third-order valence-corrected chi connectivity index (χ3v) is 4.10. The van der Waals surface area contributed by atoms with E-state index in [0.717, 1.165) is 24.3 Å². The van der Waals surface area contributed by atoms with Gasteiger partial charge >= 0.3 is 0 Å². The van der Waals surface area contributed by atoms with Crippen LogP contribution in [-0.4, -0.2) is 18.4 Å². The number of hydrogen-bond donors (Lipinski definition) is 2. The molecule has 4 heteroatoms. The fraction of sp³-hybridized carbons (Fsp3) is 0.533. The van der Waals surface area contributed by atoms with Crippen molar-refractivity contribution in [2.24, 2.45) is 11.3 Å². The molecule has 2 atom stereocenters. The highest BCUT2D eigenvalue weighted by molar-refractivity contribution is 5.86. The van der Waals surface area contributed by atoms with Gasteiger partial charge < -0.3 is 23.0 Å². The first-order chi connectivity index (χ1) is 8.55. The van der Waals surface area contributed by atoms with Crippen LogP contribution in [-0.2, 0) is 4.79 Å². The van der Waals surface area contributed by atoms with E-state index in [2.05, 4.69) is 36.6 Å². The fourth-order valence-electron chi connectivity index (χ4n) is 3.23. The Kier molecular flexibility index (Phi) is 3.77. The summed E-state index contributed by atoms with van der Waals surface area (Å²) < 4.78 is 0. The van der Waals surface area contributed by atoms with E-state index in [1.54, 1.807) is 0 Å². The highest BCUT2D eigenvalue weighted by atomic mass is 35.5. The first kappa shape index (κ1) is 14.2. The second kappa shape index (κ2) is 5.04. The van der Waals surface area contributed by atoms with E-state index in [1.807, 2.05) is 12.1 Å². The quantitative estimate of drug-likeness (QED) is 0.697. The minimum absolute atomic E-state index is 0. The molecule has 1 aliphatic heterocycles. The molecule has 0 spiro atoms. The van der Waals surface area contributed by atoms with Gasteiger partial charge in [-0.1, -0.05) is 26.0 Å². The first-order valence-electron chi connectivity index (χ1n) is 6.67. The van der Waals surface area contributed by atoms with E-state index in [0.29, 0.717) is 12.2 Å². The molecule has 0 aromatic heterocycles. The predicted molar refractivity (Wildman–Crippen MR) is 73.9 cm³/mol. The summed E-state index contributed by atoms with van der Waals surface area (Å²) in [5.74, 6) is 0.495. The zero-order valence-corrected chi connectivity index (χ0v) is 12.1. The van der Waals surface area contributed by atoms with Crippen molar-refractivity contribution in [1.82, 2.24) is 0 Å². The summed E-state index contributed by atoms with van der Waals surface area (Å²) >= 11 is 0. The number of rotatable bonds is 0. The van der Waals surface area contributed by atoms with Crippen molar-refractivity contribution in [2.45, 2.75) is 32.7 Å². The van der Waals surface area contributed by atoms with Crippen LogP contribution in [0.25, 0.3) is 0 Å². The summed E-state index contributed by atoms with van der Waals surface area (Å²) in [7, 11) is 0. The average Bonchev–Trinajstić information content (AvgIpc) is 2.46. The van der Waals surface area contributed by atoms with Crippen LogP contribution in [0, 0.1) is 11.3 Å². The van der Waals surface area contributed by atoms with Crippen molar-refractivity contribution in [1.29, 1.82) is 0 Å². The zero-order valence-electron chi connectivity index (χ0n) is 11.4. The van der Waals surface area contributed by atoms with Gasteiger partial charge in [-0.2, -0.15) is 0 Å². The number of Topliss-reactive ketones (excluding diaryl/α,β-unsaturated/α-hetero) is 1. The molecule has 19 heavy (non-hydrogen) atoms. The minimum Gasteiger partial charge on any atom is -1.00 e. The number of carbonyl (C=O) groups is 1. The van der Waals surface area contributed by atoms with Gasteiger partial charge in [0.2, 0.25) is 0 Å². The second-order valence-corrected chi connectivity index (χ2v) is 6.30. The number of hydrogen-bond acceptors (Lipinski definition) is 3.